The van der Waals surface area contributed by atoms with E-state index in [-0.39, 0.29) is 18.0 Å². The maximum Gasteiger partial charge on any atom is 0.251 e. The van der Waals surface area contributed by atoms with Gasteiger partial charge in [-0.3, -0.25) is 4.79 Å². The number of methoxy groups -OCH3 is 1. The number of nitrogens with one attached hydrogen (secondary N) is 1. The Morgan fingerprint density at radius 1 is 1.39 bits per heavy atom. The standard InChI is InChI=1S/C13H13FN2O2/c1-8-3-4-9(14)5-11(8)13-15-10(7-18-2)6-12(17)16-13/h3-6H,7H2,1-2H3,(H,15,16,17). The molecule has 0 fully saturated rings. The lowest BCUT2D eigenvalue weighted by Gasteiger charge is -2.07. The van der Waals surface area contributed by atoms with Crippen molar-refractivity contribution in [3.05, 3.63) is 51.7 Å². The minimum atomic E-state index is -0.365. The molecule has 0 unspecified atom stereocenters. The van der Waals surface area contributed by atoms with Crippen LogP contribution in [-0.4, -0.2) is 17.1 Å². The third kappa shape index (κ3) is 2.62. The third-order valence-electron chi connectivity index (χ3n) is 2.54. The zero-order valence-corrected chi connectivity index (χ0v) is 10.2. The fraction of sp³-hybridized carbons (Fsp3) is 0.231. The van der Waals surface area contributed by atoms with Crippen LogP contribution in [-0.2, 0) is 11.3 Å². The Hall–Kier alpha value is -2.01. The molecule has 1 N–H and O–H groups in total. The average Bonchev–Trinajstić information content (AvgIpc) is 2.32. The number of aromatic amines is 1. The molecule has 1 heterocycles. The number of aryl methyl sites for hydroxylation is 1. The van der Waals surface area contributed by atoms with E-state index < -0.39 is 0 Å². The molecule has 0 spiro atoms. The molecule has 94 valence electrons. The normalized spacial score (nSPS) is 10.6. The molecule has 2 aromatic rings. The van der Waals surface area contributed by atoms with Crippen molar-refractivity contribution in [2.24, 2.45) is 0 Å². The van der Waals surface area contributed by atoms with Crippen LogP contribution < -0.4 is 5.56 Å². The molecular weight excluding hydrogens is 235 g/mol. The quantitative estimate of drug-likeness (QED) is 0.904. The first-order valence-corrected chi connectivity index (χ1v) is 5.46. The number of rotatable bonds is 3. The molecule has 18 heavy (non-hydrogen) atoms. The van der Waals surface area contributed by atoms with Gasteiger partial charge in [-0.2, -0.15) is 0 Å². The molecule has 0 aliphatic heterocycles. The monoisotopic (exact) mass is 248 g/mol. The second-order valence-corrected chi connectivity index (χ2v) is 3.98. The third-order valence-corrected chi connectivity index (χ3v) is 2.54. The Morgan fingerprint density at radius 3 is 2.89 bits per heavy atom. The van der Waals surface area contributed by atoms with Gasteiger partial charge in [0.05, 0.1) is 12.3 Å². The van der Waals surface area contributed by atoms with Crippen LogP contribution in [0.15, 0.2) is 29.1 Å². The van der Waals surface area contributed by atoms with Crippen molar-refractivity contribution in [2.75, 3.05) is 7.11 Å². The van der Waals surface area contributed by atoms with Crippen LogP contribution in [0.4, 0.5) is 4.39 Å². The highest BCUT2D eigenvalue weighted by molar-refractivity contribution is 5.59. The van der Waals surface area contributed by atoms with Crippen LogP contribution in [0, 0.1) is 12.7 Å². The Kier molecular flexibility index (Phi) is 3.53. The van der Waals surface area contributed by atoms with E-state index in [1.165, 1.54) is 25.3 Å². The van der Waals surface area contributed by atoms with Gasteiger partial charge in [0.1, 0.15) is 11.6 Å². The van der Waals surface area contributed by atoms with E-state index in [1.54, 1.807) is 6.07 Å². The Morgan fingerprint density at radius 2 is 2.17 bits per heavy atom. The number of ether oxygens (including phenoxy) is 1. The molecule has 0 aliphatic carbocycles. The molecule has 2 rings (SSSR count). The van der Waals surface area contributed by atoms with Gasteiger partial charge in [-0.05, 0) is 24.6 Å². The van der Waals surface area contributed by atoms with Gasteiger partial charge in [0.15, 0.2) is 0 Å². The van der Waals surface area contributed by atoms with Gasteiger partial charge in [-0.25, -0.2) is 9.37 Å². The van der Waals surface area contributed by atoms with Crippen LogP contribution in [0.2, 0.25) is 0 Å². The lowest BCUT2D eigenvalue weighted by atomic mass is 10.1. The van der Waals surface area contributed by atoms with Gasteiger partial charge < -0.3 is 9.72 Å². The van der Waals surface area contributed by atoms with Crippen molar-refractivity contribution in [3.63, 3.8) is 0 Å². The molecule has 5 heteroatoms. The number of aromatic nitrogens is 2. The van der Waals surface area contributed by atoms with Crippen molar-refractivity contribution in [2.45, 2.75) is 13.5 Å². The summed E-state index contributed by atoms with van der Waals surface area (Å²) < 4.78 is 18.2. The predicted molar refractivity (Wildman–Crippen MR) is 65.7 cm³/mol. The van der Waals surface area contributed by atoms with Gasteiger partial charge >= 0.3 is 0 Å². The number of hydrogen-bond acceptors (Lipinski definition) is 3. The van der Waals surface area contributed by atoms with Crippen molar-refractivity contribution in [1.29, 1.82) is 0 Å². The highest BCUT2D eigenvalue weighted by Crippen LogP contribution is 2.20. The Labute approximate surface area is 103 Å². The predicted octanol–water partition coefficient (Wildman–Crippen LogP) is 2.03. The van der Waals surface area contributed by atoms with Crippen LogP contribution in [0.25, 0.3) is 11.4 Å². The molecule has 0 bridgehead atoms. The van der Waals surface area contributed by atoms with E-state index in [9.17, 15) is 9.18 Å². The first-order chi connectivity index (χ1) is 8.60. The van der Waals surface area contributed by atoms with Crippen molar-refractivity contribution in [3.8, 4) is 11.4 Å². The average molecular weight is 248 g/mol. The highest BCUT2D eigenvalue weighted by Gasteiger charge is 2.08. The number of nitrogens with zero attached hydrogens (tertiary/aromatic N) is 1. The first kappa shape index (κ1) is 12.4. The Bertz CT molecular complexity index is 623. The lowest BCUT2D eigenvalue weighted by Crippen LogP contribution is -2.11. The fourth-order valence-corrected chi connectivity index (χ4v) is 1.71. The summed E-state index contributed by atoms with van der Waals surface area (Å²) in [6.07, 6.45) is 0. The molecule has 1 aromatic carbocycles. The van der Waals surface area contributed by atoms with E-state index >= 15 is 0 Å². The minimum Gasteiger partial charge on any atom is -0.378 e. The molecule has 0 radical (unpaired) electrons. The molecule has 4 nitrogen and oxygen atoms in total. The van der Waals surface area contributed by atoms with E-state index in [4.69, 9.17) is 4.74 Å². The summed E-state index contributed by atoms with van der Waals surface area (Å²) >= 11 is 0. The SMILES string of the molecule is COCc1cc(=O)[nH]c(-c2cc(F)ccc2C)n1. The maximum absolute atomic E-state index is 13.2. The molecule has 1 aromatic heterocycles. The molecule has 0 aliphatic rings. The molecule has 0 saturated heterocycles. The van der Waals surface area contributed by atoms with Gasteiger partial charge in [0.2, 0.25) is 0 Å². The number of benzene rings is 1. The van der Waals surface area contributed by atoms with E-state index in [0.717, 1.165) is 5.56 Å². The topological polar surface area (TPSA) is 55.0 Å². The van der Waals surface area contributed by atoms with E-state index in [2.05, 4.69) is 9.97 Å². The summed E-state index contributed by atoms with van der Waals surface area (Å²) in [6.45, 7) is 2.07. The first-order valence-electron chi connectivity index (χ1n) is 5.46. The smallest absolute Gasteiger partial charge is 0.251 e. The van der Waals surface area contributed by atoms with Gasteiger partial charge in [0.25, 0.3) is 5.56 Å². The summed E-state index contributed by atoms with van der Waals surface area (Å²) in [5.74, 6) is -0.0121. The summed E-state index contributed by atoms with van der Waals surface area (Å²) in [7, 11) is 1.52. The second kappa shape index (κ2) is 5.10. The number of halogens is 1. The van der Waals surface area contributed by atoms with Gasteiger partial charge in [0, 0.05) is 18.7 Å². The van der Waals surface area contributed by atoms with Crippen LogP contribution in [0.1, 0.15) is 11.3 Å². The summed E-state index contributed by atoms with van der Waals surface area (Å²) in [5.41, 5.74) is 1.65. The fourth-order valence-electron chi connectivity index (χ4n) is 1.71. The van der Waals surface area contributed by atoms with Gasteiger partial charge in [-0.1, -0.05) is 6.07 Å². The lowest BCUT2D eigenvalue weighted by molar-refractivity contribution is 0.181. The van der Waals surface area contributed by atoms with E-state index in [0.29, 0.717) is 17.1 Å². The van der Waals surface area contributed by atoms with Crippen LogP contribution in [0.3, 0.4) is 0 Å². The Balaban J connectivity index is 2.56. The van der Waals surface area contributed by atoms with Crippen LogP contribution in [0.5, 0.6) is 0 Å². The van der Waals surface area contributed by atoms with Gasteiger partial charge in [-0.15, -0.1) is 0 Å². The maximum atomic E-state index is 13.2. The van der Waals surface area contributed by atoms with Crippen molar-refractivity contribution in [1.82, 2.24) is 9.97 Å². The summed E-state index contributed by atoms with van der Waals surface area (Å²) in [4.78, 5) is 18.4. The molecule has 0 saturated carbocycles. The highest BCUT2D eigenvalue weighted by atomic mass is 19.1. The van der Waals surface area contributed by atoms with Crippen LogP contribution >= 0.6 is 0 Å². The van der Waals surface area contributed by atoms with Crippen molar-refractivity contribution < 1.29 is 9.13 Å². The molecule has 0 atom stereocenters. The molecule has 0 amide bonds. The zero-order chi connectivity index (χ0) is 13.1. The number of H-pyrrole nitrogens is 1. The van der Waals surface area contributed by atoms with Crippen molar-refractivity contribution >= 4 is 0 Å². The van der Waals surface area contributed by atoms with E-state index in [1.807, 2.05) is 6.92 Å². The summed E-state index contributed by atoms with van der Waals surface area (Å²) in [5, 5.41) is 0. The number of hydrogen-bond donors (Lipinski definition) is 1. The zero-order valence-electron chi connectivity index (χ0n) is 10.2. The second-order valence-electron chi connectivity index (χ2n) is 3.98. The largest absolute Gasteiger partial charge is 0.378 e. The molecular formula is C13H13FN2O2. The summed E-state index contributed by atoms with van der Waals surface area (Å²) in [6, 6.07) is 5.73. The minimum absolute atomic E-state index is 0.241.